The van der Waals surface area contributed by atoms with Crippen molar-refractivity contribution in [2.24, 2.45) is 0 Å². The van der Waals surface area contributed by atoms with Crippen LogP contribution in [0, 0.1) is 0 Å². The Bertz CT molecular complexity index is 1480. The number of halogens is 1. The van der Waals surface area contributed by atoms with E-state index in [2.05, 4.69) is 15.0 Å². The van der Waals surface area contributed by atoms with Crippen molar-refractivity contribution in [2.45, 2.75) is 0 Å². The van der Waals surface area contributed by atoms with Crippen LogP contribution < -0.4 is 11.2 Å². The van der Waals surface area contributed by atoms with Gasteiger partial charge >= 0.3 is 5.69 Å². The van der Waals surface area contributed by atoms with E-state index in [1.54, 1.807) is 12.3 Å². The largest absolute Gasteiger partial charge is 0.334 e. The number of thiazole rings is 1. The highest BCUT2D eigenvalue weighted by atomic mass is 35.5. The van der Waals surface area contributed by atoms with Crippen LogP contribution in [0.15, 0.2) is 70.5 Å². The Balaban J connectivity index is 1.81. The maximum Gasteiger partial charge on any atom is 0.334 e. The first-order valence-corrected chi connectivity index (χ1v) is 9.57. The van der Waals surface area contributed by atoms with E-state index in [0.29, 0.717) is 26.1 Å². The van der Waals surface area contributed by atoms with Crippen molar-refractivity contribution >= 4 is 44.1 Å². The van der Waals surface area contributed by atoms with Crippen molar-refractivity contribution in [3.8, 4) is 16.3 Å². The third-order valence-electron chi connectivity index (χ3n) is 4.45. The summed E-state index contributed by atoms with van der Waals surface area (Å²) in [5, 5.41) is 2.69. The van der Waals surface area contributed by atoms with Gasteiger partial charge in [-0.2, -0.15) is 0 Å². The smallest absolute Gasteiger partial charge is 0.296 e. The van der Waals surface area contributed by atoms with Crippen molar-refractivity contribution in [3.05, 3.63) is 86.8 Å². The molecule has 5 rings (SSSR count). The Morgan fingerprint density at radius 1 is 1.00 bits per heavy atom. The summed E-state index contributed by atoms with van der Waals surface area (Å²) >= 11 is 7.47. The summed E-state index contributed by atoms with van der Waals surface area (Å²) in [4.78, 5) is 37.7. The molecule has 0 unspecified atom stereocenters. The molecule has 6 nitrogen and oxygen atoms in total. The normalized spacial score (nSPS) is 11.3. The van der Waals surface area contributed by atoms with Crippen molar-refractivity contribution in [2.75, 3.05) is 0 Å². The zero-order chi connectivity index (χ0) is 19.3. The molecule has 0 aliphatic rings. The summed E-state index contributed by atoms with van der Waals surface area (Å²) in [6.07, 6.45) is 3.20. The van der Waals surface area contributed by atoms with Gasteiger partial charge in [-0.05, 0) is 6.07 Å². The molecule has 136 valence electrons. The molecule has 28 heavy (non-hydrogen) atoms. The predicted molar refractivity (Wildman–Crippen MR) is 112 cm³/mol. The van der Waals surface area contributed by atoms with Crippen LogP contribution >= 0.6 is 22.9 Å². The Morgan fingerprint density at radius 2 is 1.79 bits per heavy atom. The van der Waals surface area contributed by atoms with Crippen LogP contribution in [-0.2, 0) is 0 Å². The Kier molecular flexibility index (Phi) is 3.85. The molecule has 0 radical (unpaired) electrons. The number of hydrogen-bond donors (Lipinski definition) is 1. The number of nitrogens with one attached hydrogen (secondary N) is 1. The van der Waals surface area contributed by atoms with Gasteiger partial charge in [0.15, 0.2) is 5.52 Å². The molecule has 0 bridgehead atoms. The lowest BCUT2D eigenvalue weighted by atomic mass is 10.1. The van der Waals surface area contributed by atoms with Gasteiger partial charge in [0, 0.05) is 22.5 Å². The molecule has 3 aromatic heterocycles. The number of aromatic nitrogens is 4. The van der Waals surface area contributed by atoms with Crippen LogP contribution in [0.5, 0.6) is 0 Å². The van der Waals surface area contributed by atoms with Gasteiger partial charge in [-0.3, -0.25) is 14.8 Å². The average Bonchev–Trinajstić information content (AvgIpc) is 3.12. The molecule has 5 aromatic rings. The summed E-state index contributed by atoms with van der Waals surface area (Å²) in [5.74, 6) is 0. The topological polar surface area (TPSA) is 80.6 Å². The van der Waals surface area contributed by atoms with E-state index in [-0.39, 0.29) is 5.52 Å². The molecule has 1 N–H and O–H groups in total. The Labute approximate surface area is 166 Å². The van der Waals surface area contributed by atoms with Crippen molar-refractivity contribution in [1.29, 1.82) is 0 Å². The predicted octanol–water partition coefficient (Wildman–Crippen LogP) is 4.00. The minimum Gasteiger partial charge on any atom is -0.296 e. The van der Waals surface area contributed by atoms with Gasteiger partial charge in [-0.25, -0.2) is 14.3 Å². The fourth-order valence-corrected chi connectivity index (χ4v) is 4.42. The molecular formula is C20H11ClN4O2S. The van der Waals surface area contributed by atoms with Gasteiger partial charge in [0.25, 0.3) is 5.56 Å². The second-order valence-electron chi connectivity index (χ2n) is 6.13. The number of pyridine rings is 1. The fourth-order valence-electron chi connectivity index (χ4n) is 3.15. The van der Waals surface area contributed by atoms with Gasteiger partial charge in [0.1, 0.15) is 9.84 Å². The van der Waals surface area contributed by atoms with Crippen LogP contribution in [-0.4, -0.2) is 19.5 Å². The van der Waals surface area contributed by atoms with E-state index >= 15 is 0 Å². The van der Waals surface area contributed by atoms with Crippen molar-refractivity contribution in [3.63, 3.8) is 0 Å². The Hall–Kier alpha value is -3.29. The van der Waals surface area contributed by atoms with E-state index < -0.39 is 11.2 Å². The van der Waals surface area contributed by atoms with Gasteiger partial charge in [-0.1, -0.05) is 65.4 Å². The minimum absolute atomic E-state index is 0.187. The first-order chi connectivity index (χ1) is 13.6. The number of aromatic amines is 1. The summed E-state index contributed by atoms with van der Waals surface area (Å²) in [6.45, 7) is 0. The number of fused-ring (bicyclic) bond motifs is 2. The fraction of sp³-hybridized carbons (Fsp3) is 0. The lowest BCUT2D eigenvalue weighted by Crippen LogP contribution is -2.33. The Morgan fingerprint density at radius 3 is 2.64 bits per heavy atom. The van der Waals surface area contributed by atoms with Crippen molar-refractivity contribution in [1.82, 2.24) is 19.5 Å². The van der Waals surface area contributed by atoms with Crippen LogP contribution in [0.1, 0.15) is 0 Å². The molecule has 3 heterocycles. The lowest BCUT2D eigenvalue weighted by molar-refractivity contribution is 0.901. The number of nitrogens with zero attached hydrogens (tertiary/aromatic N) is 3. The number of benzene rings is 2. The highest BCUT2D eigenvalue weighted by Crippen LogP contribution is 2.32. The van der Waals surface area contributed by atoms with Crippen LogP contribution in [0.2, 0.25) is 5.02 Å². The first-order valence-electron chi connectivity index (χ1n) is 8.37. The van der Waals surface area contributed by atoms with E-state index in [0.717, 1.165) is 15.3 Å². The molecule has 0 atom stereocenters. The van der Waals surface area contributed by atoms with Crippen LogP contribution in [0.3, 0.4) is 0 Å². The third kappa shape index (κ3) is 2.56. The molecule has 0 aliphatic heterocycles. The highest BCUT2D eigenvalue weighted by molar-refractivity contribution is 7.21. The molecule has 0 saturated carbocycles. The SMILES string of the molecule is O=c1[nH]c2sc(-c3ccccc3Cl)nc2c(=O)n1-c1cncc2ccccc12. The zero-order valence-corrected chi connectivity index (χ0v) is 15.8. The number of H-pyrrole nitrogens is 1. The maximum atomic E-state index is 13.1. The molecule has 0 aliphatic carbocycles. The summed E-state index contributed by atoms with van der Waals surface area (Å²) < 4.78 is 1.08. The zero-order valence-electron chi connectivity index (χ0n) is 14.2. The molecule has 8 heteroatoms. The minimum atomic E-state index is -0.537. The molecular weight excluding hydrogens is 396 g/mol. The highest BCUT2D eigenvalue weighted by Gasteiger charge is 2.17. The maximum absolute atomic E-state index is 13.1. The van der Waals surface area contributed by atoms with Crippen LogP contribution in [0.25, 0.3) is 37.4 Å². The lowest BCUT2D eigenvalue weighted by Gasteiger charge is -2.07. The van der Waals surface area contributed by atoms with Gasteiger partial charge < -0.3 is 0 Å². The van der Waals surface area contributed by atoms with Crippen molar-refractivity contribution < 1.29 is 0 Å². The third-order valence-corrected chi connectivity index (χ3v) is 5.78. The average molecular weight is 407 g/mol. The molecule has 0 spiro atoms. The van der Waals surface area contributed by atoms with Crippen LogP contribution in [0.4, 0.5) is 0 Å². The van der Waals surface area contributed by atoms with E-state index in [1.807, 2.05) is 42.5 Å². The molecule has 0 saturated heterocycles. The monoisotopic (exact) mass is 406 g/mol. The summed E-state index contributed by atoms with van der Waals surface area (Å²) in [5.41, 5.74) is 0.284. The quantitative estimate of drug-likeness (QED) is 0.480. The molecule has 2 aromatic carbocycles. The number of hydrogen-bond acceptors (Lipinski definition) is 5. The summed E-state index contributed by atoms with van der Waals surface area (Å²) in [6, 6.07) is 14.7. The van der Waals surface area contributed by atoms with Gasteiger partial charge in [0.05, 0.1) is 16.9 Å². The molecule has 0 amide bonds. The molecule has 0 fully saturated rings. The standard InChI is InChI=1S/C20H11ClN4O2S/c21-14-8-4-3-7-13(14)17-23-16-18(28-17)24-20(27)25(19(16)26)15-10-22-9-11-5-1-2-6-12(11)15/h1-10H,(H,24,27). The second-order valence-corrected chi connectivity index (χ2v) is 7.53. The van der Waals surface area contributed by atoms with E-state index in [1.165, 1.54) is 17.5 Å². The summed E-state index contributed by atoms with van der Waals surface area (Å²) in [7, 11) is 0. The number of rotatable bonds is 2. The van der Waals surface area contributed by atoms with E-state index in [9.17, 15) is 9.59 Å². The van der Waals surface area contributed by atoms with E-state index in [4.69, 9.17) is 11.6 Å². The second kappa shape index (κ2) is 6.40. The van der Waals surface area contributed by atoms with Gasteiger partial charge in [0.2, 0.25) is 0 Å². The van der Waals surface area contributed by atoms with Gasteiger partial charge in [-0.15, -0.1) is 0 Å². The first kappa shape index (κ1) is 16.9.